The van der Waals surface area contributed by atoms with Crippen molar-refractivity contribution in [2.75, 3.05) is 19.6 Å². The Labute approximate surface area is 129 Å². The van der Waals surface area contributed by atoms with E-state index in [-0.39, 0.29) is 0 Å². The van der Waals surface area contributed by atoms with Crippen molar-refractivity contribution >= 4 is 17.4 Å². The normalized spacial score (nSPS) is 29.7. The molecule has 2 fully saturated rings. The Morgan fingerprint density at radius 3 is 2.90 bits per heavy atom. The first-order chi connectivity index (χ1) is 10.2. The van der Waals surface area contributed by atoms with Gasteiger partial charge in [-0.25, -0.2) is 0 Å². The lowest BCUT2D eigenvalue weighted by Gasteiger charge is -2.36. The number of fused-ring (bicyclic) bond motifs is 4. The van der Waals surface area contributed by atoms with Crippen LogP contribution in [0.25, 0.3) is 0 Å². The van der Waals surface area contributed by atoms with Crippen LogP contribution in [0.1, 0.15) is 49.2 Å². The van der Waals surface area contributed by atoms with Gasteiger partial charge in [-0.15, -0.1) is 5.10 Å². The van der Waals surface area contributed by atoms with Gasteiger partial charge in [0.05, 0.1) is 17.1 Å². The number of rotatable bonds is 2. The van der Waals surface area contributed by atoms with Gasteiger partial charge in [0.15, 0.2) is 0 Å². The molecular formula is C15H22N4OS. The first kappa shape index (κ1) is 13.6. The number of piperidine rings is 1. The van der Waals surface area contributed by atoms with Crippen molar-refractivity contribution in [1.29, 1.82) is 0 Å². The number of carbonyl (C=O) groups excluding carboxylic acids is 1. The van der Waals surface area contributed by atoms with E-state index in [2.05, 4.69) is 26.3 Å². The lowest BCUT2D eigenvalue weighted by molar-refractivity contribution is -0.134. The summed E-state index contributed by atoms with van der Waals surface area (Å²) in [4.78, 5) is 18.4. The largest absolute Gasteiger partial charge is 0.342 e. The Morgan fingerprint density at radius 2 is 2.10 bits per heavy atom. The van der Waals surface area contributed by atoms with Crippen molar-refractivity contribution in [2.24, 2.45) is 5.92 Å². The van der Waals surface area contributed by atoms with Crippen LogP contribution in [0.4, 0.5) is 0 Å². The molecule has 0 radical (unpaired) electrons. The van der Waals surface area contributed by atoms with Gasteiger partial charge >= 0.3 is 0 Å². The summed E-state index contributed by atoms with van der Waals surface area (Å²) in [5.74, 6) is 1.09. The zero-order valence-electron chi connectivity index (χ0n) is 12.5. The topological polar surface area (TPSA) is 49.3 Å². The molecule has 3 aliphatic heterocycles. The SMILES string of the molecule is CC1CCN(C(=O)CN2[C@@H]3CC[C@@H]2c2snnc2C3)CC1. The van der Waals surface area contributed by atoms with Crippen LogP contribution in [-0.4, -0.2) is 51.0 Å². The number of carbonyl (C=O) groups is 1. The second-order valence-electron chi connectivity index (χ2n) is 6.77. The van der Waals surface area contributed by atoms with Crippen molar-refractivity contribution in [3.05, 3.63) is 10.6 Å². The van der Waals surface area contributed by atoms with E-state index in [9.17, 15) is 4.79 Å². The summed E-state index contributed by atoms with van der Waals surface area (Å²) < 4.78 is 4.10. The fraction of sp³-hybridized carbons (Fsp3) is 0.800. The smallest absolute Gasteiger partial charge is 0.236 e. The van der Waals surface area contributed by atoms with Crippen LogP contribution in [0.15, 0.2) is 0 Å². The van der Waals surface area contributed by atoms with E-state index in [0.29, 0.717) is 24.5 Å². The van der Waals surface area contributed by atoms with E-state index in [0.717, 1.165) is 44.7 Å². The molecule has 5 nitrogen and oxygen atoms in total. The van der Waals surface area contributed by atoms with Gasteiger partial charge in [-0.2, -0.15) is 0 Å². The molecule has 3 aliphatic rings. The second kappa shape index (κ2) is 5.32. The third-order valence-corrected chi connectivity index (χ3v) is 6.28. The van der Waals surface area contributed by atoms with Gasteiger partial charge in [-0.05, 0) is 43.1 Å². The highest BCUT2D eigenvalue weighted by atomic mass is 32.1. The first-order valence-corrected chi connectivity index (χ1v) is 8.84. The molecule has 1 amide bonds. The molecule has 0 spiro atoms. The van der Waals surface area contributed by atoms with Gasteiger partial charge in [-0.1, -0.05) is 11.4 Å². The molecule has 0 aromatic carbocycles. The maximum Gasteiger partial charge on any atom is 0.236 e. The summed E-state index contributed by atoms with van der Waals surface area (Å²) in [6.45, 7) is 4.75. The molecule has 21 heavy (non-hydrogen) atoms. The number of hydrogen-bond donors (Lipinski definition) is 0. The Bertz CT molecular complexity index is 538. The van der Waals surface area contributed by atoms with E-state index in [1.165, 1.54) is 28.5 Å². The Balaban J connectivity index is 1.45. The molecule has 0 saturated carbocycles. The molecule has 2 bridgehead atoms. The molecule has 0 N–H and O–H groups in total. The van der Waals surface area contributed by atoms with Gasteiger partial charge in [-0.3, -0.25) is 9.69 Å². The Morgan fingerprint density at radius 1 is 1.29 bits per heavy atom. The molecule has 0 aliphatic carbocycles. The highest BCUT2D eigenvalue weighted by molar-refractivity contribution is 7.05. The molecule has 2 atom stereocenters. The molecule has 4 rings (SSSR count). The average Bonchev–Trinajstić information content (AvgIpc) is 3.05. The number of likely N-dealkylation sites (tertiary alicyclic amines) is 1. The van der Waals surface area contributed by atoms with Crippen LogP contribution in [0.5, 0.6) is 0 Å². The molecule has 114 valence electrons. The minimum absolute atomic E-state index is 0.319. The quantitative estimate of drug-likeness (QED) is 0.837. The van der Waals surface area contributed by atoms with Gasteiger partial charge in [0.1, 0.15) is 0 Å². The molecule has 4 heterocycles. The van der Waals surface area contributed by atoms with Crippen molar-refractivity contribution in [1.82, 2.24) is 19.4 Å². The lowest BCUT2D eigenvalue weighted by atomic mass is 9.99. The zero-order valence-corrected chi connectivity index (χ0v) is 13.3. The van der Waals surface area contributed by atoms with Crippen LogP contribution >= 0.6 is 11.5 Å². The number of aromatic nitrogens is 2. The van der Waals surface area contributed by atoms with E-state index in [4.69, 9.17) is 0 Å². The molecule has 6 heteroatoms. The van der Waals surface area contributed by atoms with Crippen LogP contribution in [0.3, 0.4) is 0 Å². The predicted molar refractivity (Wildman–Crippen MR) is 81.1 cm³/mol. The first-order valence-electron chi connectivity index (χ1n) is 8.07. The van der Waals surface area contributed by atoms with Crippen molar-refractivity contribution in [3.63, 3.8) is 0 Å². The van der Waals surface area contributed by atoms with Crippen LogP contribution in [0, 0.1) is 5.92 Å². The molecule has 1 aromatic rings. The molecular weight excluding hydrogens is 284 g/mol. The number of hydrogen-bond acceptors (Lipinski definition) is 5. The summed E-state index contributed by atoms with van der Waals surface area (Å²) >= 11 is 1.52. The van der Waals surface area contributed by atoms with Crippen LogP contribution in [-0.2, 0) is 11.2 Å². The standard InChI is InChI=1S/C15H22N4OS/c1-10-4-6-18(7-5-10)14(20)9-19-11-2-3-13(19)15-12(8-11)16-17-21-15/h10-11,13H,2-9H2,1H3/t11-,13-/m1/s1. The van der Waals surface area contributed by atoms with Gasteiger partial charge in [0.25, 0.3) is 0 Å². The second-order valence-corrected chi connectivity index (χ2v) is 7.56. The maximum absolute atomic E-state index is 12.6. The monoisotopic (exact) mass is 306 g/mol. The highest BCUT2D eigenvalue weighted by Crippen LogP contribution is 2.44. The van der Waals surface area contributed by atoms with Crippen molar-refractivity contribution in [2.45, 2.75) is 51.1 Å². The summed E-state index contributed by atoms with van der Waals surface area (Å²) in [6.07, 6.45) is 5.64. The predicted octanol–water partition coefficient (Wildman–Crippen LogP) is 1.86. The summed E-state index contributed by atoms with van der Waals surface area (Å²) in [7, 11) is 0. The van der Waals surface area contributed by atoms with Gasteiger partial charge in [0, 0.05) is 31.6 Å². The zero-order chi connectivity index (χ0) is 14.4. The fourth-order valence-electron chi connectivity index (χ4n) is 4.02. The molecule has 0 unspecified atom stereocenters. The summed E-state index contributed by atoms with van der Waals surface area (Å²) in [5.41, 5.74) is 1.18. The van der Waals surface area contributed by atoms with Crippen LogP contribution < -0.4 is 0 Å². The van der Waals surface area contributed by atoms with Crippen LogP contribution in [0.2, 0.25) is 0 Å². The maximum atomic E-state index is 12.6. The average molecular weight is 306 g/mol. The Hall–Kier alpha value is -1.01. The van der Waals surface area contributed by atoms with Crippen molar-refractivity contribution in [3.8, 4) is 0 Å². The minimum Gasteiger partial charge on any atom is -0.342 e. The fourth-order valence-corrected chi connectivity index (χ4v) is 4.86. The van der Waals surface area contributed by atoms with E-state index in [1.54, 1.807) is 0 Å². The third kappa shape index (κ3) is 2.38. The van der Waals surface area contributed by atoms with E-state index in [1.807, 2.05) is 0 Å². The lowest BCUT2D eigenvalue weighted by Crippen LogP contribution is -2.47. The van der Waals surface area contributed by atoms with Gasteiger partial charge in [0.2, 0.25) is 5.91 Å². The number of amides is 1. The van der Waals surface area contributed by atoms with Gasteiger partial charge < -0.3 is 4.90 Å². The minimum atomic E-state index is 0.319. The Kier molecular flexibility index (Phi) is 3.46. The summed E-state index contributed by atoms with van der Waals surface area (Å²) in [6, 6.07) is 0.894. The number of nitrogens with zero attached hydrogens (tertiary/aromatic N) is 4. The third-order valence-electron chi connectivity index (χ3n) is 5.41. The molecule has 2 saturated heterocycles. The van der Waals surface area contributed by atoms with Crippen molar-refractivity contribution < 1.29 is 4.79 Å². The summed E-state index contributed by atoms with van der Waals surface area (Å²) in [5, 5.41) is 4.26. The molecule has 1 aromatic heterocycles. The van der Waals surface area contributed by atoms with E-state index >= 15 is 0 Å². The van der Waals surface area contributed by atoms with E-state index < -0.39 is 0 Å². The highest BCUT2D eigenvalue weighted by Gasteiger charge is 2.43.